The number of benzene rings is 2. The third-order valence-electron chi connectivity index (χ3n) is 12.0. The SMILES string of the molecule is CCCCCNc1nc(N)nc2ccn(Cc3ccc(COCCOCCOCCOCCNC(=O)OCc4ccc(NC(=O)[C@H](CCCNC(N)=O)NC(=O)[C@@H](NC(=O)CN5C(=O)C=CC5=O)C(C)C)cc4)cc3OC)c12. The van der Waals surface area contributed by atoms with Gasteiger partial charge >= 0.3 is 12.1 Å². The minimum Gasteiger partial charge on any atom is -0.496 e. The van der Waals surface area contributed by atoms with Crippen LogP contribution in [-0.2, 0) is 67.4 Å². The van der Waals surface area contributed by atoms with Gasteiger partial charge in [0.25, 0.3) is 11.8 Å². The average Bonchev–Trinajstić information content (AvgIpc) is 4.03. The van der Waals surface area contributed by atoms with Crippen molar-refractivity contribution in [3.8, 4) is 5.75 Å². The van der Waals surface area contributed by atoms with Gasteiger partial charge in [-0.1, -0.05) is 57.9 Å². The average molecular weight is 1090 g/mol. The lowest BCUT2D eigenvalue weighted by molar-refractivity contribution is -0.141. The van der Waals surface area contributed by atoms with E-state index in [1.54, 1.807) is 45.2 Å². The van der Waals surface area contributed by atoms with E-state index in [4.69, 9.17) is 39.9 Å². The summed E-state index contributed by atoms with van der Waals surface area (Å²) in [6.07, 6.45) is 7.07. The number of primary amides is 1. The first-order chi connectivity index (χ1) is 37.6. The fraction of sp³-hybridized carbons (Fsp3) is 0.491. The van der Waals surface area contributed by atoms with Gasteiger partial charge in [0.1, 0.15) is 36.5 Å². The van der Waals surface area contributed by atoms with Crippen LogP contribution in [0.5, 0.6) is 5.75 Å². The highest BCUT2D eigenvalue weighted by molar-refractivity contribution is 6.14. The topological polar surface area (TPSA) is 333 Å². The predicted octanol–water partition coefficient (Wildman–Crippen LogP) is 3.10. The van der Waals surface area contributed by atoms with Gasteiger partial charge in [-0.2, -0.15) is 4.98 Å². The molecule has 10 N–H and O–H groups in total. The quantitative estimate of drug-likeness (QED) is 0.0240. The van der Waals surface area contributed by atoms with Gasteiger partial charge in [-0.05, 0) is 60.6 Å². The van der Waals surface area contributed by atoms with Crippen LogP contribution in [0.4, 0.5) is 27.0 Å². The van der Waals surface area contributed by atoms with Crippen molar-refractivity contribution in [1.29, 1.82) is 0 Å². The number of nitrogens with zero attached hydrogens (tertiary/aromatic N) is 4. The zero-order valence-corrected chi connectivity index (χ0v) is 44.8. The molecule has 0 unspecified atom stereocenters. The Kier molecular flexibility index (Phi) is 25.5. The molecule has 0 aliphatic carbocycles. The van der Waals surface area contributed by atoms with Gasteiger partial charge in [-0.25, -0.2) is 14.6 Å². The van der Waals surface area contributed by atoms with E-state index in [1.165, 1.54) is 0 Å². The number of anilines is 3. The Morgan fingerprint density at radius 1 is 0.731 bits per heavy atom. The van der Waals surface area contributed by atoms with Crippen LogP contribution in [0.15, 0.2) is 66.9 Å². The highest BCUT2D eigenvalue weighted by Crippen LogP contribution is 2.27. The number of amides is 8. The minimum atomic E-state index is -1.12. The van der Waals surface area contributed by atoms with Crippen LogP contribution < -0.4 is 48.1 Å². The molecule has 0 bridgehead atoms. The molecule has 2 atom stereocenters. The summed E-state index contributed by atoms with van der Waals surface area (Å²) in [5, 5.41) is 16.4. The smallest absolute Gasteiger partial charge is 0.407 e. The molecule has 25 heteroatoms. The first-order valence-corrected chi connectivity index (χ1v) is 26.0. The number of hydrogen-bond donors (Lipinski definition) is 8. The zero-order chi connectivity index (χ0) is 56.2. The molecule has 1 aliphatic rings. The summed E-state index contributed by atoms with van der Waals surface area (Å²) in [4.78, 5) is 96.6. The Labute approximate surface area is 453 Å². The largest absolute Gasteiger partial charge is 0.496 e. The molecule has 0 saturated carbocycles. The molecule has 3 heterocycles. The molecule has 25 nitrogen and oxygen atoms in total. The van der Waals surface area contributed by atoms with Crippen LogP contribution in [-0.4, -0.2) is 153 Å². The number of alkyl carbamates (subject to hydrolysis) is 1. The number of fused-ring (bicyclic) bond motifs is 1. The summed E-state index contributed by atoms with van der Waals surface area (Å²) in [6, 6.07) is 11.5. The van der Waals surface area contributed by atoms with E-state index in [0.717, 1.165) is 76.6 Å². The molecular weight excluding hydrogens is 1010 g/mol. The molecule has 0 spiro atoms. The van der Waals surface area contributed by atoms with Crippen molar-refractivity contribution in [3.05, 3.63) is 83.6 Å². The number of nitrogens with two attached hydrogens (primary N) is 2. The Morgan fingerprint density at radius 2 is 1.41 bits per heavy atom. The normalized spacial score (nSPS) is 12.9. The van der Waals surface area contributed by atoms with E-state index in [2.05, 4.69) is 53.4 Å². The number of rotatable bonds is 36. The van der Waals surface area contributed by atoms with Crippen molar-refractivity contribution in [3.63, 3.8) is 0 Å². The maximum Gasteiger partial charge on any atom is 0.407 e. The van der Waals surface area contributed by atoms with Crippen molar-refractivity contribution in [2.45, 2.75) is 84.7 Å². The summed E-state index contributed by atoms with van der Waals surface area (Å²) in [7, 11) is 1.65. The lowest BCUT2D eigenvalue weighted by atomic mass is 10.0. The molecule has 0 fully saturated rings. The summed E-state index contributed by atoms with van der Waals surface area (Å²) >= 11 is 0. The molecule has 0 saturated heterocycles. The third kappa shape index (κ3) is 20.6. The molecule has 2 aromatic heterocycles. The van der Waals surface area contributed by atoms with Crippen LogP contribution in [0.25, 0.3) is 11.0 Å². The Morgan fingerprint density at radius 3 is 2.08 bits per heavy atom. The monoisotopic (exact) mass is 1090 g/mol. The number of nitrogen functional groups attached to an aromatic ring is 1. The number of carbonyl (C=O) groups excluding carboxylic acids is 7. The molecule has 0 radical (unpaired) electrons. The summed E-state index contributed by atoms with van der Waals surface area (Å²) in [5.74, 6) is -2.05. The van der Waals surface area contributed by atoms with E-state index in [9.17, 15) is 33.6 Å². The van der Waals surface area contributed by atoms with Gasteiger partial charge in [0.15, 0.2) is 5.82 Å². The number of nitrogens with one attached hydrogen (secondary N) is 6. The Bertz CT molecular complexity index is 2630. The van der Waals surface area contributed by atoms with Crippen LogP contribution in [0.2, 0.25) is 0 Å². The second kappa shape index (κ2) is 32.7. The van der Waals surface area contributed by atoms with Gasteiger partial charge < -0.3 is 76.4 Å². The van der Waals surface area contributed by atoms with Gasteiger partial charge in [-0.3, -0.25) is 28.9 Å². The van der Waals surface area contributed by atoms with Crippen LogP contribution in [0.3, 0.4) is 0 Å². The first-order valence-electron chi connectivity index (χ1n) is 26.0. The fourth-order valence-corrected chi connectivity index (χ4v) is 7.88. The molecule has 4 aromatic rings. The zero-order valence-electron chi connectivity index (χ0n) is 44.8. The number of urea groups is 1. The number of imide groups is 1. The van der Waals surface area contributed by atoms with Gasteiger partial charge in [0, 0.05) is 49.2 Å². The second-order valence-electron chi connectivity index (χ2n) is 18.3. The van der Waals surface area contributed by atoms with E-state index in [1.807, 2.05) is 30.5 Å². The highest BCUT2D eigenvalue weighted by Gasteiger charge is 2.31. The molecule has 424 valence electrons. The minimum absolute atomic E-state index is 0.0585. The van der Waals surface area contributed by atoms with E-state index < -0.39 is 66.2 Å². The molecular formula is C53H74N12O13. The van der Waals surface area contributed by atoms with Crippen molar-refractivity contribution < 1.29 is 62.0 Å². The van der Waals surface area contributed by atoms with E-state index in [-0.39, 0.29) is 45.1 Å². The maximum atomic E-state index is 13.5. The summed E-state index contributed by atoms with van der Waals surface area (Å²) in [5.41, 5.74) is 15.8. The lowest BCUT2D eigenvalue weighted by Gasteiger charge is -2.26. The summed E-state index contributed by atoms with van der Waals surface area (Å²) in [6.45, 7) is 9.42. The molecule has 5 rings (SSSR count). The number of aromatic nitrogens is 3. The predicted molar refractivity (Wildman–Crippen MR) is 289 cm³/mol. The lowest BCUT2D eigenvalue weighted by Crippen LogP contribution is -2.56. The van der Waals surface area contributed by atoms with Crippen molar-refractivity contribution in [2.24, 2.45) is 11.7 Å². The number of carbonyl (C=O) groups is 7. The fourth-order valence-electron chi connectivity index (χ4n) is 7.88. The van der Waals surface area contributed by atoms with E-state index in [0.29, 0.717) is 64.0 Å². The Balaban J connectivity index is 0.906. The third-order valence-corrected chi connectivity index (χ3v) is 12.0. The van der Waals surface area contributed by atoms with Crippen LogP contribution in [0.1, 0.15) is 69.6 Å². The standard InChI is InChI=1S/C53H74N12O13/c1-5-6-7-19-56-48-47-40(61-51(54)63-48)18-22-64(47)31-38-13-10-37(30-42(38)73-4)33-77-29-28-76-27-26-75-25-24-74-23-21-58-53(72)78-34-36-11-14-39(15-12-36)59-49(69)41(9-8-20-57-52(55)71)60-50(70)46(35(2)3)62-43(66)32-65-44(67)16-17-45(65)68/h10-18,22,30,35,41,46H,5-9,19-21,23-29,31-34H2,1-4H3,(H,58,72)(H,59,69)(H,60,70)(H,62,66)(H3,55,57,71)(H3,54,56,61,63)/t41-,46-/m0/s1. The molecule has 1 aliphatic heterocycles. The first kappa shape index (κ1) is 61.0. The molecule has 2 aromatic carbocycles. The maximum absolute atomic E-state index is 13.5. The van der Waals surface area contributed by atoms with Gasteiger partial charge in [0.05, 0.1) is 72.0 Å². The second-order valence-corrected chi connectivity index (χ2v) is 18.3. The number of methoxy groups -OCH3 is 1. The van der Waals surface area contributed by atoms with Crippen molar-refractivity contribution in [1.82, 2.24) is 40.7 Å². The molecule has 78 heavy (non-hydrogen) atoms. The summed E-state index contributed by atoms with van der Waals surface area (Å²) < 4.78 is 35.7. The van der Waals surface area contributed by atoms with Crippen LogP contribution in [0, 0.1) is 5.92 Å². The van der Waals surface area contributed by atoms with Crippen LogP contribution >= 0.6 is 0 Å². The van der Waals surface area contributed by atoms with Crippen molar-refractivity contribution >= 4 is 70.1 Å². The Hall–Kier alpha value is -7.87. The van der Waals surface area contributed by atoms with E-state index >= 15 is 0 Å². The number of unbranched alkanes of at least 4 members (excludes halogenated alkanes) is 2. The van der Waals surface area contributed by atoms with Crippen molar-refractivity contribution in [2.75, 3.05) is 95.9 Å². The number of ether oxygens (including phenoxy) is 6. The highest BCUT2D eigenvalue weighted by atomic mass is 16.6. The van der Waals surface area contributed by atoms with Gasteiger partial charge in [-0.15, -0.1) is 0 Å². The molecule has 8 amide bonds. The number of hydrogen-bond acceptors (Lipinski definition) is 17. The van der Waals surface area contributed by atoms with Gasteiger partial charge in [0.2, 0.25) is 23.7 Å².